The molecule has 7 nitrogen and oxygen atoms in total. The first-order valence-electron chi connectivity index (χ1n) is 7.47. The van der Waals surface area contributed by atoms with Crippen molar-refractivity contribution in [3.05, 3.63) is 47.5 Å². The van der Waals surface area contributed by atoms with Crippen LogP contribution < -0.4 is 5.32 Å². The molecule has 2 aromatic rings. The van der Waals surface area contributed by atoms with Crippen LogP contribution >= 0.6 is 0 Å². The number of ether oxygens (including phenoxy) is 1. The molecule has 1 N–H and O–H groups in total. The van der Waals surface area contributed by atoms with E-state index in [2.05, 4.69) is 15.5 Å². The van der Waals surface area contributed by atoms with Gasteiger partial charge in [0, 0.05) is 25.7 Å². The van der Waals surface area contributed by atoms with Crippen LogP contribution in [0.15, 0.2) is 24.5 Å². The van der Waals surface area contributed by atoms with E-state index < -0.39 is 11.6 Å². The number of halogens is 2. The number of nitrogens with one attached hydrogen (secondary N) is 1. The first kappa shape index (κ1) is 16.3. The SMILES string of the molecule is Cn1cnnc1[C@H]1CN(C(=O)NCc2cc(F)ccc2F)CCO1. The molecule has 1 saturated heterocycles. The summed E-state index contributed by atoms with van der Waals surface area (Å²) in [5, 5.41) is 10.4. The van der Waals surface area contributed by atoms with Gasteiger partial charge in [-0.2, -0.15) is 0 Å². The Hall–Kier alpha value is -2.55. The zero-order valence-corrected chi connectivity index (χ0v) is 13.1. The molecule has 0 unspecified atom stereocenters. The monoisotopic (exact) mass is 337 g/mol. The Kier molecular flexibility index (Phi) is 4.70. The molecule has 1 aromatic heterocycles. The smallest absolute Gasteiger partial charge is 0.317 e. The molecule has 24 heavy (non-hydrogen) atoms. The maximum Gasteiger partial charge on any atom is 0.317 e. The van der Waals surface area contributed by atoms with Crippen molar-refractivity contribution in [2.75, 3.05) is 19.7 Å². The van der Waals surface area contributed by atoms with Gasteiger partial charge in [-0.1, -0.05) is 0 Å². The van der Waals surface area contributed by atoms with Crippen LogP contribution in [-0.2, 0) is 18.3 Å². The summed E-state index contributed by atoms with van der Waals surface area (Å²) in [5.41, 5.74) is 0.0986. The lowest BCUT2D eigenvalue weighted by atomic mass is 10.2. The summed E-state index contributed by atoms with van der Waals surface area (Å²) in [4.78, 5) is 13.8. The molecular weight excluding hydrogens is 320 g/mol. The fourth-order valence-corrected chi connectivity index (χ4v) is 2.54. The van der Waals surface area contributed by atoms with Crippen LogP contribution in [0.5, 0.6) is 0 Å². The van der Waals surface area contributed by atoms with Crippen molar-refractivity contribution in [1.29, 1.82) is 0 Å². The van der Waals surface area contributed by atoms with E-state index in [0.717, 1.165) is 18.2 Å². The predicted octanol–water partition coefficient (Wildman–Crippen LogP) is 1.38. The van der Waals surface area contributed by atoms with E-state index in [9.17, 15) is 13.6 Å². The number of morpholine rings is 1. The maximum absolute atomic E-state index is 13.6. The van der Waals surface area contributed by atoms with Crippen molar-refractivity contribution in [2.45, 2.75) is 12.6 Å². The van der Waals surface area contributed by atoms with Gasteiger partial charge in [-0.15, -0.1) is 10.2 Å². The van der Waals surface area contributed by atoms with Gasteiger partial charge in [-0.25, -0.2) is 13.6 Å². The summed E-state index contributed by atoms with van der Waals surface area (Å²) in [6, 6.07) is 2.77. The Morgan fingerprint density at radius 3 is 3.04 bits per heavy atom. The second-order valence-electron chi connectivity index (χ2n) is 5.50. The number of nitrogens with zero attached hydrogens (tertiary/aromatic N) is 4. The standard InChI is InChI=1S/C15H17F2N5O2/c1-21-9-19-20-14(21)13-8-22(4-5-24-13)15(23)18-7-10-6-11(16)2-3-12(10)17/h2-3,6,9,13H,4-5,7-8H2,1H3,(H,18,23)/t13-/m1/s1. The average Bonchev–Trinajstić information content (AvgIpc) is 3.01. The van der Waals surface area contributed by atoms with Gasteiger partial charge < -0.3 is 19.5 Å². The number of urea groups is 1. The molecule has 1 aliphatic heterocycles. The predicted molar refractivity (Wildman–Crippen MR) is 79.9 cm³/mol. The van der Waals surface area contributed by atoms with E-state index in [1.165, 1.54) is 0 Å². The zero-order valence-electron chi connectivity index (χ0n) is 13.1. The molecule has 1 aliphatic rings. The molecule has 9 heteroatoms. The van der Waals surface area contributed by atoms with Gasteiger partial charge in [0.05, 0.1) is 13.2 Å². The molecule has 0 saturated carbocycles. The minimum Gasteiger partial charge on any atom is -0.366 e. The van der Waals surface area contributed by atoms with E-state index in [4.69, 9.17) is 4.74 Å². The molecule has 128 valence electrons. The molecule has 0 radical (unpaired) electrons. The van der Waals surface area contributed by atoms with E-state index in [1.54, 1.807) is 22.8 Å². The van der Waals surface area contributed by atoms with Gasteiger partial charge in [0.1, 0.15) is 24.1 Å². The second kappa shape index (κ2) is 6.91. The lowest BCUT2D eigenvalue weighted by Crippen LogP contribution is -2.47. The zero-order chi connectivity index (χ0) is 17.1. The van der Waals surface area contributed by atoms with Crippen LogP contribution in [0, 0.1) is 11.6 Å². The van der Waals surface area contributed by atoms with E-state index >= 15 is 0 Å². The number of benzene rings is 1. The highest BCUT2D eigenvalue weighted by atomic mass is 19.1. The Labute approximate surface area is 137 Å². The van der Waals surface area contributed by atoms with Gasteiger partial charge in [-0.05, 0) is 18.2 Å². The summed E-state index contributed by atoms with van der Waals surface area (Å²) < 4.78 is 34.1. The summed E-state index contributed by atoms with van der Waals surface area (Å²) in [5.74, 6) is -0.478. The first-order chi connectivity index (χ1) is 11.5. The highest BCUT2D eigenvalue weighted by molar-refractivity contribution is 5.74. The molecule has 0 bridgehead atoms. The second-order valence-corrected chi connectivity index (χ2v) is 5.50. The first-order valence-corrected chi connectivity index (χ1v) is 7.47. The fourth-order valence-electron chi connectivity index (χ4n) is 2.54. The average molecular weight is 337 g/mol. The number of aromatic nitrogens is 3. The van der Waals surface area contributed by atoms with Crippen LogP contribution in [0.25, 0.3) is 0 Å². The Morgan fingerprint density at radius 2 is 2.29 bits per heavy atom. The minimum absolute atomic E-state index is 0.0889. The minimum atomic E-state index is -0.560. The maximum atomic E-state index is 13.6. The highest BCUT2D eigenvalue weighted by Crippen LogP contribution is 2.20. The van der Waals surface area contributed by atoms with Crippen molar-refractivity contribution < 1.29 is 18.3 Å². The van der Waals surface area contributed by atoms with Gasteiger partial charge in [0.2, 0.25) is 0 Å². The van der Waals surface area contributed by atoms with Crippen LogP contribution in [0.4, 0.5) is 13.6 Å². The highest BCUT2D eigenvalue weighted by Gasteiger charge is 2.28. The van der Waals surface area contributed by atoms with E-state index in [1.807, 2.05) is 0 Å². The van der Waals surface area contributed by atoms with Crippen molar-refractivity contribution in [3.8, 4) is 0 Å². The van der Waals surface area contributed by atoms with Crippen LogP contribution in [0.3, 0.4) is 0 Å². The van der Waals surface area contributed by atoms with E-state index in [0.29, 0.717) is 25.5 Å². The number of amides is 2. The lowest BCUT2D eigenvalue weighted by Gasteiger charge is -2.32. The molecule has 2 heterocycles. The van der Waals surface area contributed by atoms with Crippen molar-refractivity contribution in [1.82, 2.24) is 25.0 Å². The summed E-state index contributed by atoms with van der Waals surface area (Å²) in [7, 11) is 1.80. The van der Waals surface area contributed by atoms with Crippen molar-refractivity contribution in [3.63, 3.8) is 0 Å². The van der Waals surface area contributed by atoms with Gasteiger partial charge >= 0.3 is 6.03 Å². The third-order valence-electron chi connectivity index (χ3n) is 3.83. The quantitative estimate of drug-likeness (QED) is 0.918. The van der Waals surface area contributed by atoms with Crippen LogP contribution in [0.2, 0.25) is 0 Å². The number of carbonyl (C=O) groups is 1. The summed E-state index contributed by atoms with van der Waals surface area (Å²) >= 11 is 0. The Balaban J connectivity index is 1.60. The third-order valence-corrected chi connectivity index (χ3v) is 3.83. The van der Waals surface area contributed by atoms with Gasteiger partial charge in [0.15, 0.2) is 5.82 Å². The molecule has 1 atom stereocenters. The number of hydrogen-bond acceptors (Lipinski definition) is 4. The van der Waals surface area contributed by atoms with Gasteiger partial charge in [-0.3, -0.25) is 0 Å². The molecular formula is C15H17F2N5O2. The largest absolute Gasteiger partial charge is 0.366 e. The molecule has 0 spiro atoms. The van der Waals surface area contributed by atoms with Gasteiger partial charge in [0.25, 0.3) is 0 Å². The van der Waals surface area contributed by atoms with Crippen molar-refractivity contribution >= 4 is 6.03 Å². The lowest BCUT2D eigenvalue weighted by molar-refractivity contribution is -0.0214. The van der Waals surface area contributed by atoms with E-state index in [-0.39, 0.29) is 24.2 Å². The molecule has 0 aliphatic carbocycles. The number of carbonyl (C=O) groups excluding carboxylic acids is 1. The summed E-state index contributed by atoms with van der Waals surface area (Å²) in [6.07, 6.45) is 1.19. The Morgan fingerprint density at radius 1 is 1.46 bits per heavy atom. The normalized spacial score (nSPS) is 17.8. The van der Waals surface area contributed by atoms with Crippen molar-refractivity contribution in [2.24, 2.45) is 7.05 Å². The third kappa shape index (κ3) is 3.51. The number of hydrogen-bond donors (Lipinski definition) is 1. The topological polar surface area (TPSA) is 72.3 Å². The molecule has 3 rings (SSSR count). The number of rotatable bonds is 3. The molecule has 1 fully saturated rings. The molecule has 1 aromatic carbocycles. The fraction of sp³-hybridized carbons (Fsp3) is 0.400. The van der Waals surface area contributed by atoms with Crippen LogP contribution in [0.1, 0.15) is 17.5 Å². The number of aryl methyl sites for hydroxylation is 1. The summed E-state index contributed by atoms with van der Waals surface area (Å²) in [6.45, 7) is 0.990. The Bertz CT molecular complexity index is 736. The molecule has 2 amide bonds. The van der Waals surface area contributed by atoms with Crippen LogP contribution in [-0.4, -0.2) is 45.4 Å².